The lowest BCUT2D eigenvalue weighted by atomic mass is 10.2. The van der Waals surface area contributed by atoms with Crippen LogP contribution in [0.1, 0.15) is 27.0 Å². The van der Waals surface area contributed by atoms with Gasteiger partial charge in [0.1, 0.15) is 6.10 Å². The predicted molar refractivity (Wildman–Crippen MR) is 105 cm³/mol. The lowest BCUT2D eigenvalue weighted by Crippen LogP contribution is -2.34. The Labute approximate surface area is 171 Å². The molecule has 1 unspecified atom stereocenters. The number of anilines is 1. The lowest BCUT2D eigenvalue weighted by molar-refractivity contribution is -0.137. The maximum Gasteiger partial charge on any atom is 0.416 e. The number of hydrogen-bond acceptors (Lipinski definition) is 5. The molecule has 0 bridgehead atoms. The highest BCUT2D eigenvalue weighted by atomic mass is 32.1. The second kappa shape index (κ2) is 8.76. The molecule has 0 aliphatic carbocycles. The summed E-state index contributed by atoms with van der Waals surface area (Å²) in [6, 6.07) is 9.10. The fourth-order valence-electron chi connectivity index (χ4n) is 2.41. The third-order valence-corrected chi connectivity index (χ3v) is 5.75. The van der Waals surface area contributed by atoms with E-state index in [4.69, 9.17) is 0 Å². The second-order valence-corrected chi connectivity index (χ2v) is 7.96. The van der Waals surface area contributed by atoms with Crippen molar-refractivity contribution < 1.29 is 27.9 Å². The monoisotopic (exact) mass is 440 g/mol. The van der Waals surface area contributed by atoms with Crippen LogP contribution >= 0.6 is 22.7 Å². The van der Waals surface area contributed by atoms with Gasteiger partial charge in [-0.3, -0.25) is 9.59 Å². The van der Waals surface area contributed by atoms with E-state index >= 15 is 0 Å². The van der Waals surface area contributed by atoms with Crippen molar-refractivity contribution in [2.45, 2.75) is 18.8 Å². The minimum absolute atomic E-state index is 0.0791. The number of rotatable bonds is 5. The molecule has 152 valence electrons. The third-order valence-electron chi connectivity index (χ3n) is 3.91. The van der Waals surface area contributed by atoms with Gasteiger partial charge in [0.15, 0.2) is 0 Å². The summed E-state index contributed by atoms with van der Waals surface area (Å²) in [4.78, 5) is 25.3. The Morgan fingerprint density at radius 2 is 1.76 bits per heavy atom. The molecule has 0 radical (unpaired) electrons. The zero-order valence-corrected chi connectivity index (χ0v) is 16.3. The molecule has 0 spiro atoms. The number of aliphatic hydroxyl groups is 1. The van der Waals surface area contributed by atoms with Crippen LogP contribution in [-0.4, -0.2) is 16.9 Å². The van der Waals surface area contributed by atoms with Crippen molar-refractivity contribution in [3.05, 3.63) is 74.1 Å². The van der Waals surface area contributed by atoms with E-state index in [1.165, 1.54) is 22.7 Å². The fourth-order valence-corrected chi connectivity index (χ4v) is 4.06. The Balaban J connectivity index is 1.52. The van der Waals surface area contributed by atoms with Crippen LogP contribution in [0.25, 0.3) is 0 Å². The van der Waals surface area contributed by atoms with Crippen LogP contribution in [0.5, 0.6) is 0 Å². The molecule has 2 heterocycles. The minimum Gasteiger partial charge on any atom is -0.383 e. The van der Waals surface area contributed by atoms with Gasteiger partial charge in [0.05, 0.1) is 12.1 Å². The maximum atomic E-state index is 12.5. The number of thiophene rings is 2. The summed E-state index contributed by atoms with van der Waals surface area (Å²) in [6.45, 7) is 0.0836. The standard InChI is InChI=1S/C19H15F3N2O3S2/c20-19(21,22)12-1-3-13(4-2-12)24-18(27)17(26)23-9-14-5-6-15(29-14)16(25)11-7-8-28-10-11/h1-8,10,16,25H,9H2,(H,23,26)(H,24,27). The molecule has 1 aromatic carbocycles. The molecule has 3 aromatic rings. The third kappa shape index (κ3) is 5.43. The van der Waals surface area contributed by atoms with Crippen molar-refractivity contribution >= 4 is 40.2 Å². The van der Waals surface area contributed by atoms with Gasteiger partial charge in [-0.1, -0.05) is 0 Å². The smallest absolute Gasteiger partial charge is 0.383 e. The minimum atomic E-state index is -4.48. The fraction of sp³-hybridized carbons (Fsp3) is 0.158. The number of aliphatic hydroxyl groups excluding tert-OH is 1. The molecule has 5 nitrogen and oxygen atoms in total. The molecule has 0 aliphatic rings. The van der Waals surface area contributed by atoms with Gasteiger partial charge in [-0.2, -0.15) is 24.5 Å². The highest BCUT2D eigenvalue weighted by molar-refractivity contribution is 7.12. The van der Waals surface area contributed by atoms with Gasteiger partial charge in [0, 0.05) is 15.4 Å². The van der Waals surface area contributed by atoms with Crippen LogP contribution in [0, 0.1) is 0 Å². The molecule has 0 fully saturated rings. The Morgan fingerprint density at radius 3 is 2.38 bits per heavy atom. The summed E-state index contributed by atoms with van der Waals surface area (Å²) in [5.41, 5.74) is 0.0110. The van der Waals surface area contributed by atoms with Crippen LogP contribution in [0.4, 0.5) is 18.9 Å². The first-order valence-electron chi connectivity index (χ1n) is 8.29. The van der Waals surface area contributed by atoms with Gasteiger partial charge in [0.25, 0.3) is 0 Å². The quantitative estimate of drug-likeness (QED) is 0.521. The van der Waals surface area contributed by atoms with Gasteiger partial charge < -0.3 is 15.7 Å². The SMILES string of the molecule is O=C(NCc1ccc(C(O)c2ccsc2)s1)C(=O)Nc1ccc(C(F)(F)F)cc1. The molecule has 2 aromatic heterocycles. The molecule has 0 aliphatic heterocycles. The van der Waals surface area contributed by atoms with E-state index in [1.807, 2.05) is 16.8 Å². The highest BCUT2D eigenvalue weighted by Crippen LogP contribution is 2.30. The zero-order chi connectivity index (χ0) is 21.0. The summed E-state index contributed by atoms with van der Waals surface area (Å²) >= 11 is 2.78. The first kappa shape index (κ1) is 21.0. The van der Waals surface area contributed by atoms with Crippen molar-refractivity contribution in [2.75, 3.05) is 5.32 Å². The Morgan fingerprint density at radius 1 is 1.03 bits per heavy atom. The second-order valence-electron chi connectivity index (χ2n) is 5.98. The molecule has 1 atom stereocenters. The number of nitrogens with one attached hydrogen (secondary N) is 2. The topological polar surface area (TPSA) is 78.4 Å². The average Bonchev–Trinajstić information content (AvgIpc) is 3.37. The molecular formula is C19H15F3N2O3S2. The van der Waals surface area contributed by atoms with E-state index in [9.17, 15) is 27.9 Å². The summed E-state index contributed by atoms with van der Waals surface area (Å²) in [5.74, 6) is -1.90. The number of alkyl halides is 3. The van der Waals surface area contributed by atoms with E-state index in [1.54, 1.807) is 12.1 Å². The Bertz CT molecular complexity index is 983. The molecule has 2 amide bonds. The summed E-state index contributed by atoms with van der Waals surface area (Å²) < 4.78 is 37.6. The van der Waals surface area contributed by atoms with Crippen molar-refractivity contribution in [1.29, 1.82) is 0 Å². The molecule has 10 heteroatoms. The lowest BCUT2D eigenvalue weighted by Gasteiger charge is -2.09. The van der Waals surface area contributed by atoms with Gasteiger partial charge in [-0.05, 0) is 58.8 Å². The highest BCUT2D eigenvalue weighted by Gasteiger charge is 2.30. The van der Waals surface area contributed by atoms with Crippen LogP contribution < -0.4 is 10.6 Å². The van der Waals surface area contributed by atoms with E-state index < -0.39 is 29.7 Å². The van der Waals surface area contributed by atoms with Crippen molar-refractivity contribution in [2.24, 2.45) is 0 Å². The summed E-state index contributed by atoms with van der Waals surface area (Å²) in [5, 5.41) is 18.7. The van der Waals surface area contributed by atoms with E-state index in [-0.39, 0.29) is 12.2 Å². The number of benzene rings is 1. The normalized spacial score (nSPS) is 12.4. The van der Waals surface area contributed by atoms with Gasteiger partial charge >= 0.3 is 18.0 Å². The molecule has 3 rings (SSSR count). The number of carbonyl (C=O) groups excluding carboxylic acids is 2. The molecule has 29 heavy (non-hydrogen) atoms. The maximum absolute atomic E-state index is 12.5. The Hall–Kier alpha value is -2.69. The van der Waals surface area contributed by atoms with Crippen molar-refractivity contribution in [3.63, 3.8) is 0 Å². The molecule has 0 saturated heterocycles. The summed E-state index contributed by atoms with van der Waals surface area (Å²) in [7, 11) is 0. The van der Waals surface area contributed by atoms with E-state index in [0.29, 0.717) is 4.88 Å². The number of carbonyl (C=O) groups is 2. The van der Waals surface area contributed by atoms with E-state index in [0.717, 1.165) is 34.7 Å². The van der Waals surface area contributed by atoms with Crippen LogP contribution in [0.15, 0.2) is 53.2 Å². The largest absolute Gasteiger partial charge is 0.416 e. The van der Waals surface area contributed by atoms with Crippen molar-refractivity contribution in [3.8, 4) is 0 Å². The van der Waals surface area contributed by atoms with Crippen LogP contribution in [0.3, 0.4) is 0 Å². The molecular weight excluding hydrogens is 425 g/mol. The first-order valence-corrected chi connectivity index (χ1v) is 10.0. The van der Waals surface area contributed by atoms with Crippen molar-refractivity contribution in [1.82, 2.24) is 5.32 Å². The van der Waals surface area contributed by atoms with E-state index in [2.05, 4.69) is 10.6 Å². The van der Waals surface area contributed by atoms with Crippen LogP contribution in [-0.2, 0) is 22.3 Å². The Kier molecular flexibility index (Phi) is 6.36. The average molecular weight is 440 g/mol. The predicted octanol–water partition coefficient (Wildman–Crippen LogP) is 4.17. The summed E-state index contributed by atoms with van der Waals surface area (Å²) in [6.07, 6.45) is -5.23. The number of amides is 2. The zero-order valence-electron chi connectivity index (χ0n) is 14.7. The van der Waals surface area contributed by atoms with Gasteiger partial charge in [-0.15, -0.1) is 11.3 Å². The molecule has 0 saturated carbocycles. The number of halogens is 3. The number of hydrogen-bond donors (Lipinski definition) is 3. The molecule has 3 N–H and O–H groups in total. The van der Waals surface area contributed by atoms with Gasteiger partial charge in [-0.25, -0.2) is 0 Å². The van der Waals surface area contributed by atoms with Gasteiger partial charge in [0.2, 0.25) is 0 Å². The first-order chi connectivity index (χ1) is 13.7. The van der Waals surface area contributed by atoms with Crippen LogP contribution in [0.2, 0.25) is 0 Å².